The van der Waals surface area contributed by atoms with Gasteiger partial charge in [0.05, 0.1) is 0 Å². The summed E-state index contributed by atoms with van der Waals surface area (Å²) < 4.78 is 0. The van der Waals surface area contributed by atoms with E-state index in [1.807, 2.05) is 12.1 Å². The van der Waals surface area contributed by atoms with Crippen molar-refractivity contribution < 1.29 is 5.11 Å². The summed E-state index contributed by atoms with van der Waals surface area (Å²) in [6.45, 7) is 10.3. The maximum atomic E-state index is 10.2. The van der Waals surface area contributed by atoms with Gasteiger partial charge in [0, 0.05) is 11.3 Å². The minimum atomic E-state index is -0.0803. The zero-order valence-electron chi connectivity index (χ0n) is 10.3. The van der Waals surface area contributed by atoms with Crippen LogP contribution >= 0.6 is 0 Å². The van der Waals surface area contributed by atoms with Gasteiger partial charge >= 0.3 is 0 Å². The average Bonchev–Trinajstić information content (AvgIpc) is 2.06. The van der Waals surface area contributed by atoms with E-state index < -0.39 is 0 Å². The maximum Gasteiger partial charge on any atom is 0.122 e. The number of phenols is 1. The van der Waals surface area contributed by atoms with E-state index in [4.69, 9.17) is 5.73 Å². The Morgan fingerprint density at radius 3 is 2.13 bits per heavy atom. The molecule has 0 radical (unpaired) electrons. The van der Waals surface area contributed by atoms with Gasteiger partial charge in [-0.3, -0.25) is 0 Å². The highest BCUT2D eigenvalue weighted by Gasteiger charge is 2.21. The van der Waals surface area contributed by atoms with Gasteiger partial charge in [-0.2, -0.15) is 0 Å². The standard InChI is InChI=1S/C13H21NO/c1-8(2)10-6-9(14)7-11(12(10)15)13(3,4)5/h6-8,15H,14H2,1-5H3. The third-order valence-electron chi connectivity index (χ3n) is 2.59. The van der Waals surface area contributed by atoms with E-state index in [-0.39, 0.29) is 11.3 Å². The topological polar surface area (TPSA) is 46.2 Å². The molecule has 0 saturated heterocycles. The number of nitrogens with two attached hydrogens (primary N) is 1. The average molecular weight is 207 g/mol. The van der Waals surface area contributed by atoms with Gasteiger partial charge in [0.1, 0.15) is 5.75 Å². The molecule has 0 fully saturated rings. The molecular formula is C13H21NO. The van der Waals surface area contributed by atoms with Crippen molar-refractivity contribution in [2.45, 2.75) is 46.0 Å². The fourth-order valence-electron chi connectivity index (χ4n) is 1.69. The van der Waals surface area contributed by atoms with Crippen molar-refractivity contribution in [3.8, 4) is 5.75 Å². The first-order valence-electron chi connectivity index (χ1n) is 5.36. The Labute approximate surface area is 92.1 Å². The quantitative estimate of drug-likeness (QED) is 0.547. The van der Waals surface area contributed by atoms with Crippen molar-refractivity contribution in [1.82, 2.24) is 0 Å². The highest BCUT2D eigenvalue weighted by atomic mass is 16.3. The second-order valence-electron chi connectivity index (χ2n) is 5.41. The number of nitrogen functional groups attached to an aromatic ring is 1. The van der Waals surface area contributed by atoms with Crippen molar-refractivity contribution in [2.75, 3.05) is 5.73 Å². The summed E-state index contributed by atoms with van der Waals surface area (Å²) in [6, 6.07) is 3.72. The third kappa shape index (κ3) is 2.44. The molecule has 2 nitrogen and oxygen atoms in total. The van der Waals surface area contributed by atoms with Crippen molar-refractivity contribution in [3.63, 3.8) is 0 Å². The number of aromatic hydroxyl groups is 1. The Morgan fingerprint density at radius 1 is 1.20 bits per heavy atom. The highest BCUT2D eigenvalue weighted by Crippen LogP contribution is 2.38. The summed E-state index contributed by atoms with van der Waals surface area (Å²) in [4.78, 5) is 0. The molecule has 0 atom stereocenters. The summed E-state index contributed by atoms with van der Waals surface area (Å²) in [5.74, 6) is 0.682. The van der Waals surface area contributed by atoms with Crippen LogP contribution in [0.25, 0.3) is 0 Å². The molecular weight excluding hydrogens is 186 g/mol. The Balaban J connectivity index is 3.42. The van der Waals surface area contributed by atoms with E-state index in [0.29, 0.717) is 5.75 Å². The number of hydrogen-bond acceptors (Lipinski definition) is 2. The van der Waals surface area contributed by atoms with E-state index in [1.54, 1.807) is 0 Å². The van der Waals surface area contributed by atoms with Gasteiger partial charge in [0.15, 0.2) is 0 Å². The van der Waals surface area contributed by atoms with Crippen LogP contribution < -0.4 is 5.73 Å². The summed E-state index contributed by atoms with van der Waals surface area (Å²) in [7, 11) is 0. The highest BCUT2D eigenvalue weighted by molar-refractivity contribution is 5.55. The Morgan fingerprint density at radius 2 is 1.73 bits per heavy atom. The van der Waals surface area contributed by atoms with Gasteiger partial charge in [-0.15, -0.1) is 0 Å². The van der Waals surface area contributed by atoms with Crippen molar-refractivity contribution >= 4 is 5.69 Å². The molecule has 1 aromatic carbocycles. The lowest BCUT2D eigenvalue weighted by Crippen LogP contribution is -2.13. The van der Waals surface area contributed by atoms with Crippen LogP contribution in [0.4, 0.5) is 5.69 Å². The molecule has 0 aromatic heterocycles. The molecule has 15 heavy (non-hydrogen) atoms. The van der Waals surface area contributed by atoms with E-state index >= 15 is 0 Å². The summed E-state index contributed by atoms with van der Waals surface area (Å²) >= 11 is 0. The van der Waals surface area contributed by atoms with Crippen LogP contribution in [0, 0.1) is 0 Å². The van der Waals surface area contributed by atoms with Gasteiger partial charge in [-0.1, -0.05) is 34.6 Å². The number of benzene rings is 1. The van der Waals surface area contributed by atoms with E-state index in [2.05, 4.69) is 34.6 Å². The molecule has 0 heterocycles. The molecule has 1 aromatic rings. The first-order chi connectivity index (χ1) is 6.73. The predicted molar refractivity (Wildman–Crippen MR) is 65.3 cm³/mol. The summed E-state index contributed by atoms with van der Waals surface area (Å²) in [6.07, 6.45) is 0. The fraction of sp³-hybridized carbons (Fsp3) is 0.538. The van der Waals surface area contributed by atoms with E-state index in [1.165, 1.54) is 0 Å². The van der Waals surface area contributed by atoms with E-state index in [0.717, 1.165) is 16.8 Å². The largest absolute Gasteiger partial charge is 0.507 e. The first kappa shape index (κ1) is 11.9. The first-order valence-corrected chi connectivity index (χ1v) is 5.36. The molecule has 2 heteroatoms. The third-order valence-corrected chi connectivity index (χ3v) is 2.59. The molecule has 84 valence electrons. The smallest absolute Gasteiger partial charge is 0.122 e. The molecule has 0 aliphatic rings. The second-order valence-corrected chi connectivity index (χ2v) is 5.41. The van der Waals surface area contributed by atoms with Crippen LogP contribution in [0.3, 0.4) is 0 Å². The fourth-order valence-corrected chi connectivity index (χ4v) is 1.69. The Hall–Kier alpha value is -1.18. The van der Waals surface area contributed by atoms with Gasteiger partial charge < -0.3 is 10.8 Å². The van der Waals surface area contributed by atoms with Crippen LogP contribution in [-0.2, 0) is 5.41 Å². The molecule has 0 unspecified atom stereocenters. The number of rotatable bonds is 1. The van der Waals surface area contributed by atoms with Crippen molar-refractivity contribution in [3.05, 3.63) is 23.3 Å². The normalized spacial score (nSPS) is 12.1. The predicted octanol–water partition coefficient (Wildman–Crippen LogP) is 3.40. The molecule has 0 bridgehead atoms. The monoisotopic (exact) mass is 207 g/mol. The minimum Gasteiger partial charge on any atom is -0.507 e. The molecule has 3 N–H and O–H groups in total. The number of hydrogen-bond donors (Lipinski definition) is 2. The molecule has 1 rings (SSSR count). The van der Waals surface area contributed by atoms with Crippen LogP contribution in [0.1, 0.15) is 51.7 Å². The van der Waals surface area contributed by atoms with E-state index in [9.17, 15) is 5.11 Å². The zero-order valence-corrected chi connectivity index (χ0v) is 10.3. The van der Waals surface area contributed by atoms with Gasteiger partial charge in [0.2, 0.25) is 0 Å². The van der Waals surface area contributed by atoms with Gasteiger partial charge in [-0.25, -0.2) is 0 Å². The van der Waals surface area contributed by atoms with Crippen LogP contribution in [-0.4, -0.2) is 5.11 Å². The number of anilines is 1. The lowest BCUT2D eigenvalue weighted by molar-refractivity contribution is 0.438. The van der Waals surface area contributed by atoms with Crippen LogP contribution in [0.15, 0.2) is 12.1 Å². The van der Waals surface area contributed by atoms with Gasteiger partial charge in [0.25, 0.3) is 0 Å². The van der Waals surface area contributed by atoms with Crippen LogP contribution in [0.2, 0.25) is 0 Å². The van der Waals surface area contributed by atoms with Crippen molar-refractivity contribution in [1.29, 1.82) is 0 Å². The SMILES string of the molecule is CC(C)c1cc(N)cc(C(C)(C)C)c1O. The molecule has 0 saturated carbocycles. The summed E-state index contributed by atoms with van der Waals surface area (Å²) in [5, 5.41) is 10.2. The lowest BCUT2D eigenvalue weighted by Gasteiger charge is -2.23. The summed E-state index contributed by atoms with van der Waals surface area (Å²) in [5.41, 5.74) is 8.35. The number of phenolic OH excluding ortho intramolecular Hbond substituents is 1. The van der Waals surface area contributed by atoms with Crippen LogP contribution in [0.5, 0.6) is 5.75 Å². The molecule has 0 spiro atoms. The zero-order chi connectivity index (χ0) is 11.8. The Bertz CT molecular complexity index is 362. The Kier molecular flexibility index (Phi) is 2.98. The van der Waals surface area contributed by atoms with Crippen molar-refractivity contribution in [2.24, 2.45) is 0 Å². The molecule has 0 aliphatic heterocycles. The minimum absolute atomic E-state index is 0.0803. The lowest BCUT2D eigenvalue weighted by atomic mass is 9.83. The second kappa shape index (κ2) is 3.76. The van der Waals surface area contributed by atoms with Gasteiger partial charge in [-0.05, 0) is 29.0 Å². The maximum absolute atomic E-state index is 10.2. The molecule has 0 amide bonds. The molecule has 0 aliphatic carbocycles.